The van der Waals surface area contributed by atoms with Crippen molar-refractivity contribution >= 4 is 10.8 Å². The van der Waals surface area contributed by atoms with Crippen LogP contribution in [0.4, 0.5) is 0 Å². The van der Waals surface area contributed by atoms with E-state index in [-0.39, 0.29) is 59.8 Å². The van der Waals surface area contributed by atoms with E-state index in [1.54, 1.807) is 11.1 Å². The van der Waals surface area contributed by atoms with Crippen molar-refractivity contribution in [2.75, 3.05) is 0 Å². The van der Waals surface area contributed by atoms with Gasteiger partial charge in [0.2, 0.25) is 0 Å². The van der Waals surface area contributed by atoms with Crippen LogP contribution < -0.4 is 34.0 Å². The average Bonchev–Trinajstić information content (AvgIpc) is 3.14. The molecular formula is C21H24Br2Hf. The van der Waals surface area contributed by atoms with Gasteiger partial charge in [0.05, 0.1) is 0 Å². The van der Waals surface area contributed by atoms with E-state index < -0.39 is 0 Å². The zero-order valence-electron chi connectivity index (χ0n) is 14.2. The van der Waals surface area contributed by atoms with E-state index in [0.717, 1.165) is 0 Å². The minimum absolute atomic E-state index is 0. The van der Waals surface area contributed by atoms with Gasteiger partial charge < -0.3 is 34.0 Å². The normalized spacial score (nSPS) is 11.9. The molecule has 0 nitrogen and oxygen atoms in total. The molecule has 4 rings (SSSR count). The molecule has 0 fully saturated rings. The van der Waals surface area contributed by atoms with Gasteiger partial charge in [-0.2, -0.15) is 29.3 Å². The molecule has 24 heavy (non-hydrogen) atoms. The smallest absolute Gasteiger partial charge is 1.00 e. The number of fused-ring (bicyclic) bond motifs is 2. The minimum Gasteiger partial charge on any atom is -1.00 e. The van der Waals surface area contributed by atoms with Gasteiger partial charge in [0, 0.05) is 0 Å². The molecule has 3 heteroatoms. The Labute approximate surface area is 186 Å². The Morgan fingerprint density at radius 3 is 2.46 bits per heavy atom. The molecular weight excluding hydrogens is 591 g/mol. The summed E-state index contributed by atoms with van der Waals surface area (Å²) in [5, 5.41) is 2.75. The minimum atomic E-state index is 0. The zero-order valence-corrected chi connectivity index (χ0v) is 21.0. The first-order chi connectivity index (χ1) is 10.4. The van der Waals surface area contributed by atoms with Gasteiger partial charge in [0.1, 0.15) is 0 Å². The number of benzene rings is 1. The maximum atomic E-state index is 2.29. The van der Waals surface area contributed by atoms with E-state index in [9.17, 15) is 0 Å². The van der Waals surface area contributed by atoms with Crippen LogP contribution in [0.5, 0.6) is 0 Å². The van der Waals surface area contributed by atoms with Crippen LogP contribution >= 0.6 is 0 Å². The molecule has 0 saturated heterocycles. The van der Waals surface area contributed by atoms with Crippen LogP contribution in [0.2, 0.25) is 0 Å². The van der Waals surface area contributed by atoms with Crippen LogP contribution in [-0.2, 0) is 45.1 Å². The largest absolute Gasteiger partial charge is 4.00 e. The number of aryl methyl sites for hydroxylation is 3. The van der Waals surface area contributed by atoms with Crippen molar-refractivity contribution in [3.05, 3.63) is 71.3 Å². The van der Waals surface area contributed by atoms with Crippen molar-refractivity contribution in [3.8, 4) is 0 Å². The first-order valence-corrected chi connectivity index (χ1v) is 8.24. The maximum absolute atomic E-state index is 2.29. The quantitative estimate of drug-likeness (QED) is 0.278. The van der Waals surface area contributed by atoms with Crippen LogP contribution in [0.15, 0.2) is 54.6 Å². The van der Waals surface area contributed by atoms with Crippen LogP contribution in [0.3, 0.4) is 0 Å². The van der Waals surface area contributed by atoms with Gasteiger partial charge in [-0.25, -0.2) is 6.07 Å². The van der Waals surface area contributed by atoms with Crippen molar-refractivity contribution in [2.45, 2.75) is 45.4 Å². The van der Waals surface area contributed by atoms with Gasteiger partial charge in [0.15, 0.2) is 0 Å². The number of hydrogen-bond donors (Lipinski definition) is 0. The zero-order chi connectivity index (χ0) is 14.5. The van der Waals surface area contributed by atoms with E-state index in [1.807, 2.05) is 0 Å². The summed E-state index contributed by atoms with van der Waals surface area (Å²) in [6.45, 7) is 2.22. The van der Waals surface area contributed by atoms with E-state index in [4.69, 9.17) is 0 Å². The summed E-state index contributed by atoms with van der Waals surface area (Å²) < 4.78 is 0. The molecule has 0 atom stereocenters. The molecule has 3 aromatic rings. The Morgan fingerprint density at radius 2 is 1.75 bits per heavy atom. The fourth-order valence-corrected chi connectivity index (χ4v) is 3.26. The predicted octanol–water partition coefficient (Wildman–Crippen LogP) is -0.199. The van der Waals surface area contributed by atoms with Crippen molar-refractivity contribution in [1.82, 2.24) is 0 Å². The summed E-state index contributed by atoms with van der Waals surface area (Å²) in [5.74, 6) is 0. The molecule has 3 aromatic carbocycles. The Morgan fingerprint density at radius 1 is 1.00 bits per heavy atom. The summed E-state index contributed by atoms with van der Waals surface area (Å²) in [4.78, 5) is 0. The summed E-state index contributed by atoms with van der Waals surface area (Å²) in [6.07, 6.45) is 7.88. The van der Waals surface area contributed by atoms with Crippen molar-refractivity contribution in [2.24, 2.45) is 0 Å². The first-order valence-electron chi connectivity index (χ1n) is 8.24. The molecule has 0 aromatic heterocycles. The number of hydrogen-bond acceptors (Lipinski definition) is 0. The topological polar surface area (TPSA) is 0 Å². The molecule has 0 spiro atoms. The second-order valence-electron chi connectivity index (χ2n) is 6.03. The monoisotopic (exact) mass is 614 g/mol. The summed E-state index contributed by atoms with van der Waals surface area (Å²) in [5.41, 5.74) is 4.67. The van der Waals surface area contributed by atoms with Gasteiger partial charge in [-0.15, -0.1) is 40.6 Å². The standard InChI is InChI=1S/C12H13.C9H11.2BrH.Hf/c1-2-5-10-8-11-6-3-4-7-12(11)9-10;1-2-5-9-7-3-6-8(9)4-1;;;/h3-4,6-9H,2,5H2,1H3;3,6-7H,1-2,4-5H2;2*1H;/q2*-1;;;+4/p-2. The van der Waals surface area contributed by atoms with Gasteiger partial charge in [-0.1, -0.05) is 45.1 Å². The van der Waals surface area contributed by atoms with E-state index in [0.29, 0.717) is 0 Å². The molecule has 0 bridgehead atoms. The Balaban J connectivity index is 0.000000402. The summed E-state index contributed by atoms with van der Waals surface area (Å²) in [6, 6.07) is 19.8. The van der Waals surface area contributed by atoms with Crippen molar-refractivity contribution in [1.29, 1.82) is 0 Å². The van der Waals surface area contributed by atoms with Crippen LogP contribution in [0, 0.1) is 0 Å². The third-order valence-corrected chi connectivity index (χ3v) is 4.37. The van der Waals surface area contributed by atoms with Gasteiger partial charge in [-0.3, -0.25) is 0 Å². The molecule has 0 aliphatic heterocycles. The van der Waals surface area contributed by atoms with E-state index in [2.05, 4.69) is 61.5 Å². The third kappa shape index (κ3) is 6.38. The van der Waals surface area contributed by atoms with Gasteiger partial charge in [0.25, 0.3) is 0 Å². The molecule has 0 unspecified atom stereocenters. The second kappa shape index (κ2) is 12.4. The summed E-state index contributed by atoms with van der Waals surface area (Å²) >= 11 is 0. The van der Waals surface area contributed by atoms with Crippen LogP contribution in [0.25, 0.3) is 10.8 Å². The second-order valence-corrected chi connectivity index (χ2v) is 6.03. The Kier molecular flexibility index (Phi) is 12.4. The third-order valence-electron chi connectivity index (χ3n) is 4.37. The fraction of sp³-hybridized carbons (Fsp3) is 0.333. The molecule has 0 N–H and O–H groups in total. The summed E-state index contributed by atoms with van der Waals surface area (Å²) in [7, 11) is 0. The molecule has 0 amide bonds. The van der Waals surface area contributed by atoms with E-state index >= 15 is 0 Å². The Hall–Kier alpha value is 0.0101. The molecule has 126 valence electrons. The van der Waals surface area contributed by atoms with Crippen LogP contribution in [-0.4, -0.2) is 0 Å². The molecule has 0 heterocycles. The maximum Gasteiger partial charge on any atom is 4.00 e. The molecule has 1 aliphatic carbocycles. The first kappa shape index (κ1) is 24.0. The van der Waals surface area contributed by atoms with Gasteiger partial charge >= 0.3 is 25.8 Å². The SMILES string of the molecule is CCCc1cc2ccccc2[cH-]1.[Br-].[Br-].[Hf+4].c1cc2c([cH-]1)CCCC2. The predicted molar refractivity (Wildman–Crippen MR) is 92.2 cm³/mol. The van der Waals surface area contributed by atoms with Crippen LogP contribution in [0.1, 0.15) is 42.9 Å². The van der Waals surface area contributed by atoms with Gasteiger partial charge in [-0.05, 0) is 6.42 Å². The van der Waals surface area contributed by atoms with E-state index in [1.165, 1.54) is 54.9 Å². The van der Waals surface area contributed by atoms with Crippen molar-refractivity contribution in [3.63, 3.8) is 0 Å². The Bertz CT molecular complexity index is 643. The molecule has 1 aliphatic rings. The number of rotatable bonds is 2. The average molecular weight is 615 g/mol. The molecule has 0 saturated carbocycles. The molecule has 0 radical (unpaired) electrons. The van der Waals surface area contributed by atoms with Crippen molar-refractivity contribution < 1.29 is 59.8 Å². The number of halogens is 2. The fourth-order valence-electron chi connectivity index (χ4n) is 3.26.